The van der Waals surface area contributed by atoms with Crippen LogP contribution in [0.5, 0.6) is 0 Å². The maximum Gasteiger partial charge on any atom is 0.170 e. The minimum Gasteiger partial charge on any atom is -0.236 e. The van der Waals surface area contributed by atoms with Crippen molar-refractivity contribution in [2.75, 3.05) is 0 Å². The number of nitrogens with zero attached hydrogens (tertiary/aromatic N) is 2. The van der Waals surface area contributed by atoms with E-state index in [-0.39, 0.29) is 0 Å². The molecule has 0 bridgehead atoms. The summed E-state index contributed by atoms with van der Waals surface area (Å²) in [6, 6.07) is 3.96. The molecule has 0 atom stereocenters. The minimum absolute atomic E-state index is 0.814. The molecule has 0 spiro atoms. The number of fused-ring (bicyclic) bond motifs is 1. The number of rotatable bonds is 1. The zero-order valence-electron chi connectivity index (χ0n) is 5.62. The molecule has 0 saturated carbocycles. The zero-order valence-corrected chi connectivity index (χ0v) is 8.02. The van der Waals surface area contributed by atoms with Gasteiger partial charge in [-0.3, -0.25) is 0 Å². The van der Waals surface area contributed by atoms with Gasteiger partial charge >= 0.3 is 0 Å². The van der Waals surface area contributed by atoms with Gasteiger partial charge in [0.2, 0.25) is 0 Å². The van der Waals surface area contributed by atoms with E-state index < -0.39 is 0 Å². The molecule has 0 fully saturated rings. The number of aromatic nitrogens is 2. The highest BCUT2D eigenvalue weighted by atomic mass is 79.9. The average Bonchev–Trinajstić information content (AvgIpc) is 2.46. The van der Waals surface area contributed by atoms with Crippen LogP contribution in [0, 0.1) is 0 Å². The summed E-state index contributed by atoms with van der Waals surface area (Å²) in [6.45, 7) is 0. The van der Waals surface area contributed by atoms with Gasteiger partial charge in [-0.1, -0.05) is 15.9 Å². The van der Waals surface area contributed by atoms with Gasteiger partial charge in [-0.2, -0.15) is 0 Å². The molecule has 0 aliphatic carbocycles. The SMILES string of the molecule is BrCc1nc2ncccc2s1. The Kier molecular flexibility index (Phi) is 1.87. The van der Waals surface area contributed by atoms with E-state index in [2.05, 4.69) is 25.9 Å². The molecular formula is C7H5BrN2S. The van der Waals surface area contributed by atoms with Crippen LogP contribution in [0.1, 0.15) is 5.01 Å². The Morgan fingerprint density at radius 1 is 1.55 bits per heavy atom. The van der Waals surface area contributed by atoms with Gasteiger partial charge in [0.25, 0.3) is 0 Å². The minimum atomic E-state index is 0.814. The van der Waals surface area contributed by atoms with Crippen molar-refractivity contribution >= 4 is 37.6 Å². The monoisotopic (exact) mass is 228 g/mol. The normalized spacial score (nSPS) is 10.6. The molecule has 2 rings (SSSR count). The lowest BCUT2D eigenvalue weighted by molar-refractivity contribution is 1.26. The number of halogens is 1. The van der Waals surface area contributed by atoms with E-state index in [9.17, 15) is 0 Å². The summed E-state index contributed by atoms with van der Waals surface area (Å²) in [6.07, 6.45) is 1.76. The van der Waals surface area contributed by atoms with Gasteiger partial charge < -0.3 is 0 Å². The van der Waals surface area contributed by atoms with E-state index in [4.69, 9.17) is 0 Å². The van der Waals surface area contributed by atoms with Crippen molar-refractivity contribution in [2.45, 2.75) is 5.33 Å². The van der Waals surface area contributed by atoms with Crippen LogP contribution in [0.2, 0.25) is 0 Å². The van der Waals surface area contributed by atoms with Gasteiger partial charge in [-0.25, -0.2) is 9.97 Å². The fourth-order valence-corrected chi connectivity index (χ4v) is 2.12. The second kappa shape index (κ2) is 2.87. The second-order valence-corrected chi connectivity index (χ2v) is 3.74. The fourth-order valence-electron chi connectivity index (χ4n) is 0.871. The van der Waals surface area contributed by atoms with E-state index in [1.807, 2.05) is 12.1 Å². The predicted octanol–water partition coefficient (Wildman–Crippen LogP) is 2.59. The maximum absolute atomic E-state index is 4.29. The molecule has 2 nitrogen and oxygen atoms in total. The molecule has 11 heavy (non-hydrogen) atoms. The standard InChI is InChI=1S/C7H5BrN2S/c8-4-6-10-7-5(11-6)2-1-3-9-7/h1-3H,4H2. The Bertz CT molecular complexity index is 338. The lowest BCUT2D eigenvalue weighted by Gasteiger charge is -1.80. The lowest BCUT2D eigenvalue weighted by atomic mass is 10.5. The van der Waals surface area contributed by atoms with Gasteiger partial charge in [0.05, 0.1) is 10.0 Å². The first kappa shape index (κ1) is 7.18. The number of pyridine rings is 1. The van der Waals surface area contributed by atoms with Crippen LogP contribution in [-0.2, 0) is 5.33 Å². The third-order valence-electron chi connectivity index (χ3n) is 1.32. The molecule has 0 aromatic carbocycles. The van der Waals surface area contributed by atoms with Crippen LogP contribution >= 0.6 is 27.3 Å². The van der Waals surface area contributed by atoms with Gasteiger partial charge in [-0.15, -0.1) is 11.3 Å². The summed E-state index contributed by atoms with van der Waals surface area (Å²) >= 11 is 5.03. The lowest BCUT2D eigenvalue weighted by Crippen LogP contribution is -1.74. The predicted molar refractivity (Wildman–Crippen MR) is 50.0 cm³/mol. The molecule has 2 aromatic rings. The molecule has 0 unspecified atom stereocenters. The molecular weight excluding hydrogens is 224 g/mol. The Morgan fingerprint density at radius 2 is 2.45 bits per heavy atom. The molecule has 4 heteroatoms. The zero-order chi connectivity index (χ0) is 7.68. The molecule has 56 valence electrons. The molecule has 0 radical (unpaired) electrons. The Balaban J connectivity index is 2.69. The van der Waals surface area contributed by atoms with E-state index in [0.717, 1.165) is 20.7 Å². The first-order valence-corrected chi connectivity index (χ1v) is 5.10. The van der Waals surface area contributed by atoms with E-state index >= 15 is 0 Å². The highest BCUT2D eigenvalue weighted by Gasteiger charge is 2.00. The van der Waals surface area contributed by atoms with Gasteiger partial charge in [0.1, 0.15) is 5.01 Å². The second-order valence-electron chi connectivity index (χ2n) is 2.07. The summed E-state index contributed by atoms with van der Waals surface area (Å²) < 4.78 is 1.15. The average molecular weight is 229 g/mol. The molecule has 0 aliphatic heterocycles. The van der Waals surface area contributed by atoms with Crippen molar-refractivity contribution in [3.8, 4) is 0 Å². The van der Waals surface area contributed by atoms with Crippen molar-refractivity contribution in [3.05, 3.63) is 23.3 Å². The Labute approximate surface area is 76.4 Å². The Morgan fingerprint density at radius 3 is 3.18 bits per heavy atom. The summed E-state index contributed by atoms with van der Waals surface area (Å²) in [7, 11) is 0. The molecule has 0 saturated heterocycles. The van der Waals surface area contributed by atoms with Crippen LogP contribution in [0.15, 0.2) is 18.3 Å². The van der Waals surface area contributed by atoms with Crippen LogP contribution in [-0.4, -0.2) is 9.97 Å². The topological polar surface area (TPSA) is 25.8 Å². The first-order chi connectivity index (χ1) is 5.40. The molecule has 2 aromatic heterocycles. The third-order valence-corrected chi connectivity index (χ3v) is 3.24. The number of alkyl halides is 1. The molecule has 0 amide bonds. The van der Waals surface area contributed by atoms with Crippen LogP contribution in [0.4, 0.5) is 0 Å². The molecule has 0 aliphatic rings. The van der Waals surface area contributed by atoms with Crippen molar-refractivity contribution in [3.63, 3.8) is 0 Å². The van der Waals surface area contributed by atoms with Crippen molar-refractivity contribution in [2.24, 2.45) is 0 Å². The fraction of sp³-hybridized carbons (Fsp3) is 0.143. The van der Waals surface area contributed by atoms with Crippen LogP contribution < -0.4 is 0 Å². The summed E-state index contributed by atoms with van der Waals surface area (Å²) in [4.78, 5) is 8.42. The number of hydrogen-bond donors (Lipinski definition) is 0. The molecule has 0 N–H and O–H groups in total. The Hall–Kier alpha value is -0.480. The van der Waals surface area contributed by atoms with E-state index in [1.165, 1.54) is 0 Å². The van der Waals surface area contributed by atoms with Crippen LogP contribution in [0.3, 0.4) is 0 Å². The van der Waals surface area contributed by atoms with Gasteiger partial charge in [-0.05, 0) is 12.1 Å². The number of thiazole rings is 1. The third kappa shape index (κ3) is 1.28. The van der Waals surface area contributed by atoms with E-state index in [1.54, 1.807) is 17.5 Å². The summed E-state index contributed by atoms with van der Waals surface area (Å²) in [5.74, 6) is 0. The van der Waals surface area contributed by atoms with E-state index in [0.29, 0.717) is 0 Å². The first-order valence-electron chi connectivity index (χ1n) is 3.16. The highest BCUT2D eigenvalue weighted by molar-refractivity contribution is 9.08. The van der Waals surface area contributed by atoms with Crippen molar-refractivity contribution in [1.29, 1.82) is 0 Å². The number of hydrogen-bond acceptors (Lipinski definition) is 3. The highest BCUT2D eigenvalue weighted by Crippen LogP contribution is 2.20. The maximum atomic E-state index is 4.29. The smallest absolute Gasteiger partial charge is 0.170 e. The van der Waals surface area contributed by atoms with Gasteiger partial charge in [0, 0.05) is 6.20 Å². The largest absolute Gasteiger partial charge is 0.236 e. The summed E-state index contributed by atoms with van der Waals surface area (Å²) in [5.41, 5.74) is 0.854. The van der Waals surface area contributed by atoms with Crippen molar-refractivity contribution in [1.82, 2.24) is 9.97 Å². The van der Waals surface area contributed by atoms with Crippen molar-refractivity contribution < 1.29 is 0 Å². The van der Waals surface area contributed by atoms with Crippen LogP contribution in [0.25, 0.3) is 10.3 Å². The molecule has 2 heterocycles. The summed E-state index contributed by atoms with van der Waals surface area (Å²) in [5, 5.41) is 1.90. The van der Waals surface area contributed by atoms with Gasteiger partial charge in [0.15, 0.2) is 5.65 Å². The quantitative estimate of drug-likeness (QED) is 0.702.